The van der Waals surface area contributed by atoms with Crippen LogP contribution in [-0.2, 0) is 29.2 Å². The van der Waals surface area contributed by atoms with Gasteiger partial charge in [-0.15, -0.1) is 0 Å². The van der Waals surface area contributed by atoms with Crippen molar-refractivity contribution in [3.8, 4) is 0 Å². The van der Waals surface area contributed by atoms with Crippen molar-refractivity contribution in [1.29, 1.82) is 0 Å². The highest BCUT2D eigenvalue weighted by Gasteiger charge is 2.27. The maximum absolute atomic E-state index is 12.8. The Balaban J connectivity index is 1.68. The molecule has 0 aromatic carbocycles. The summed E-state index contributed by atoms with van der Waals surface area (Å²) < 4.78 is 8.22. The van der Waals surface area contributed by atoms with Gasteiger partial charge in [-0.1, -0.05) is 6.92 Å². The lowest BCUT2D eigenvalue weighted by molar-refractivity contribution is -0.137. The molecule has 3 heterocycles. The second kappa shape index (κ2) is 6.66. The van der Waals surface area contributed by atoms with E-state index in [0.717, 1.165) is 11.5 Å². The Labute approximate surface area is 145 Å². The molecule has 0 saturated carbocycles. The first-order valence-electron chi connectivity index (χ1n) is 8.21. The minimum absolute atomic E-state index is 0.0552. The first kappa shape index (κ1) is 17.1. The summed E-state index contributed by atoms with van der Waals surface area (Å²) in [7, 11) is 1.33. The first-order chi connectivity index (χ1) is 11.9. The zero-order chi connectivity index (χ0) is 18.1. The molecule has 0 N–H and O–H groups in total. The number of aryl methyl sites for hydroxylation is 2. The number of rotatable bonds is 4. The molecule has 0 aliphatic carbocycles. The van der Waals surface area contributed by atoms with Crippen molar-refractivity contribution in [2.24, 2.45) is 5.92 Å². The molecule has 0 saturated heterocycles. The number of methoxy groups -OCH3 is 1. The predicted octanol–water partition coefficient (Wildman–Crippen LogP) is 0.557. The van der Waals surface area contributed by atoms with Crippen molar-refractivity contribution in [3.05, 3.63) is 29.1 Å². The molecule has 134 valence electrons. The maximum Gasteiger partial charge on any atom is 0.358 e. The summed E-state index contributed by atoms with van der Waals surface area (Å²) in [4.78, 5) is 30.4. The Morgan fingerprint density at radius 2 is 2.04 bits per heavy atom. The molecule has 25 heavy (non-hydrogen) atoms. The van der Waals surface area contributed by atoms with E-state index >= 15 is 0 Å². The van der Waals surface area contributed by atoms with E-state index in [1.165, 1.54) is 7.11 Å². The molecule has 2 aromatic heterocycles. The van der Waals surface area contributed by atoms with Crippen LogP contribution in [0.15, 0.2) is 6.07 Å². The van der Waals surface area contributed by atoms with E-state index in [0.29, 0.717) is 32.0 Å². The molecular weight excluding hydrogens is 324 g/mol. The van der Waals surface area contributed by atoms with E-state index in [2.05, 4.69) is 15.2 Å². The lowest BCUT2D eigenvalue weighted by Gasteiger charge is -2.30. The largest absolute Gasteiger partial charge is 0.464 e. The summed E-state index contributed by atoms with van der Waals surface area (Å²) in [6.07, 6.45) is 0. The third-order valence-electron chi connectivity index (χ3n) is 4.34. The predicted molar refractivity (Wildman–Crippen MR) is 87.6 cm³/mol. The number of ether oxygens (including phenoxy) is 1. The Kier molecular flexibility index (Phi) is 4.56. The summed E-state index contributed by atoms with van der Waals surface area (Å²) >= 11 is 0. The molecule has 9 nitrogen and oxygen atoms in total. The molecular formula is C16H22N6O3. The SMILES string of the molecule is COC(=O)c1cc2n(n1)CCN(C(=O)[C@@H](C)Cn1nc(C)nc1C)C2. The van der Waals surface area contributed by atoms with Crippen LogP contribution in [0.2, 0.25) is 0 Å². The molecule has 1 amide bonds. The van der Waals surface area contributed by atoms with Crippen LogP contribution in [0.3, 0.4) is 0 Å². The van der Waals surface area contributed by atoms with Crippen molar-refractivity contribution in [1.82, 2.24) is 29.4 Å². The molecule has 3 rings (SSSR count). The Hall–Kier alpha value is -2.71. The Morgan fingerprint density at radius 3 is 2.68 bits per heavy atom. The van der Waals surface area contributed by atoms with Crippen molar-refractivity contribution in [2.75, 3.05) is 13.7 Å². The number of amides is 1. The number of aromatic nitrogens is 5. The van der Waals surface area contributed by atoms with E-state index in [-0.39, 0.29) is 17.5 Å². The molecule has 0 radical (unpaired) electrons. The van der Waals surface area contributed by atoms with Crippen molar-refractivity contribution >= 4 is 11.9 Å². The monoisotopic (exact) mass is 346 g/mol. The van der Waals surface area contributed by atoms with Crippen molar-refractivity contribution in [3.63, 3.8) is 0 Å². The van der Waals surface area contributed by atoms with Crippen LogP contribution in [0.4, 0.5) is 0 Å². The normalized spacial score (nSPS) is 15.0. The fourth-order valence-electron chi connectivity index (χ4n) is 3.04. The first-order valence-corrected chi connectivity index (χ1v) is 8.21. The topological polar surface area (TPSA) is 95.1 Å². The summed E-state index contributed by atoms with van der Waals surface area (Å²) in [5.41, 5.74) is 1.11. The molecule has 2 aromatic rings. The molecule has 1 aliphatic heterocycles. The van der Waals surface area contributed by atoms with E-state index in [9.17, 15) is 9.59 Å². The molecule has 1 aliphatic rings. The van der Waals surface area contributed by atoms with Gasteiger partial charge < -0.3 is 9.64 Å². The molecule has 0 bridgehead atoms. The Bertz CT molecular complexity index is 809. The standard InChI is InChI=1S/C16H22N6O3/c1-10(8-22-12(3)17-11(2)18-22)15(23)20-5-6-21-13(9-20)7-14(19-21)16(24)25-4/h7,10H,5-6,8-9H2,1-4H3/t10-/m0/s1. The fraction of sp³-hybridized carbons (Fsp3) is 0.562. The van der Waals surface area contributed by atoms with Crippen LogP contribution >= 0.6 is 0 Å². The van der Waals surface area contributed by atoms with Gasteiger partial charge in [0.15, 0.2) is 5.69 Å². The minimum Gasteiger partial charge on any atom is -0.464 e. The fourth-order valence-corrected chi connectivity index (χ4v) is 3.04. The van der Waals surface area contributed by atoms with Gasteiger partial charge in [0.25, 0.3) is 0 Å². The van der Waals surface area contributed by atoms with Gasteiger partial charge >= 0.3 is 5.97 Å². The summed E-state index contributed by atoms with van der Waals surface area (Å²) in [6, 6.07) is 1.68. The van der Waals surface area contributed by atoms with Crippen molar-refractivity contribution in [2.45, 2.75) is 40.4 Å². The van der Waals surface area contributed by atoms with Gasteiger partial charge in [-0.05, 0) is 19.9 Å². The number of fused-ring (bicyclic) bond motifs is 1. The van der Waals surface area contributed by atoms with E-state index in [1.807, 2.05) is 20.8 Å². The number of nitrogens with zero attached hydrogens (tertiary/aromatic N) is 6. The quantitative estimate of drug-likeness (QED) is 0.751. The van der Waals surface area contributed by atoms with E-state index in [4.69, 9.17) is 4.74 Å². The van der Waals surface area contributed by atoms with E-state index in [1.54, 1.807) is 20.3 Å². The summed E-state index contributed by atoms with van der Waals surface area (Å²) in [5.74, 6) is 0.880. The second-order valence-corrected chi connectivity index (χ2v) is 6.28. The highest BCUT2D eigenvalue weighted by atomic mass is 16.5. The number of esters is 1. The van der Waals surface area contributed by atoms with Gasteiger partial charge in [0.2, 0.25) is 5.91 Å². The zero-order valence-electron chi connectivity index (χ0n) is 14.9. The van der Waals surface area contributed by atoms with Gasteiger partial charge in [0.1, 0.15) is 11.6 Å². The van der Waals surface area contributed by atoms with Crippen LogP contribution in [-0.4, -0.2) is 55.0 Å². The molecule has 9 heteroatoms. The lowest BCUT2D eigenvalue weighted by atomic mass is 10.1. The minimum atomic E-state index is -0.467. The summed E-state index contributed by atoms with van der Waals surface area (Å²) in [6.45, 7) is 7.66. The number of carbonyl (C=O) groups is 2. The van der Waals surface area contributed by atoms with Gasteiger partial charge in [0.05, 0.1) is 38.4 Å². The van der Waals surface area contributed by atoms with Gasteiger partial charge in [-0.25, -0.2) is 14.5 Å². The zero-order valence-corrected chi connectivity index (χ0v) is 14.9. The lowest BCUT2D eigenvalue weighted by Crippen LogP contribution is -2.42. The van der Waals surface area contributed by atoms with Gasteiger partial charge in [-0.2, -0.15) is 10.2 Å². The van der Waals surface area contributed by atoms with Crippen LogP contribution in [0.1, 0.15) is 34.8 Å². The summed E-state index contributed by atoms with van der Waals surface area (Å²) in [5, 5.41) is 8.54. The average molecular weight is 346 g/mol. The third-order valence-corrected chi connectivity index (χ3v) is 4.34. The van der Waals surface area contributed by atoms with Gasteiger partial charge in [0, 0.05) is 6.54 Å². The maximum atomic E-state index is 12.8. The smallest absolute Gasteiger partial charge is 0.358 e. The average Bonchev–Trinajstić information content (AvgIpc) is 3.15. The number of carbonyl (C=O) groups excluding carboxylic acids is 2. The number of hydrogen-bond acceptors (Lipinski definition) is 6. The Morgan fingerprint density at radius 1 is 1.28 bits per heavy atom. The molecule has 0 fully saturated rings. The molecule has 0 spiro atoms. The highest BCUT2D eigenvalue weighted by molar-refractivity contribution is 5.87. The third kappa shape index (κ3) is 3.40. The van der Waals surface area contributed by atoms with Crippen LogP contribution in [0.5, 0.6) is 0 Å². The highest BCUT2D eigenvalue weighted by Crippen LogP contribution is 2.17. The molecule has 0 unspecified atom stereocenters. The van der Waals surface area contributed by atoms with Crippen LogP contribution in [0, 0.1) is 19.8 Å². The van der Waals surface area contributed by atoms with Crippen molar-refractivity contribution < 1.29 is 14.3 Å². The second-order valence-electron chi connectivity index (χ2n) is 6.28. The van der Waals surface area contributed by atoms with Gasteiger partial charge in [-0.3, -0.25) is 9.48 Å². The molecule has 1 atom stereocenters. The van der Waals surface area contributed by atoms with Crippen LogP contribution in [0.25, 0.3) is 0 Å². The number of hydrogen-bond donors (Lipinski definition) is 0. The van der Waals surface area contributed by atoms with Crippen LogP contribution < -0.4 is 0 Å². The van der Waals surface area contributed by atoms with E-state index < -0.39 is 5.97 Å².